The second-order valence-corrected chi connectivity index (χ2v) is 8.34. The summed E-state index contributed by atoms with van der Waals surface area (Å²) in [6.45, 7) is 0.814. The molecule has 0 atom stereocenters. The van der Waals surface area contributed by atoms with E-state index in [0.717, 1.165) is 19.3 Å². The number of sulfonamides is 1. The molecule has 1 saturated heterocycles. The number of piperidine rings is 1. The molecule has 5 nitrogen and oxygen atoms in total. The van der Waals surface area contributed by atoms with E-state index in [1.165, 1.54) is 45.4 Å². The van der Waals surface area contributed by atoms with Gasteiger partial charge in [0.25, 0.3) is 5.56 Å². The minimum Gasteiger partial charge on any atom is -0.310 e. The smallest absolute Gasteiger partial charge is 0.250 e. The van der Waals surface area contributed by atoms with E-state index in [9.17, 15) is 17.6 Å². The molecule has 134 valence electrons. The van der Waals surface area contributed by atoms with Crippen LogP contribution in [-0.2, 0) is 16.6 Å². The van der Waals surface area contributed by atoms with E-state index in [4.69, 9.17) is 11.6 Å². The Morgan fingerprint density at radius 3 is 2.48 bits per heavy atom. The van der Waals surface area contributed by atoms with Crippen LogP contribution in [-0.4, -0.2) is 30.4 Å². The molecule has 0 aliphatic carbocycles. The van der Waals surface area contributed by atoms with Crippen LogP contribution in [0.5, 0.6) is 0 Å². The first-order valence-corrected chi connectivity index (χ1v) is 9.85. The average molecular weight is 385 g/mol. The number of hydrogen-bond donors (Lipinski definition) is 0. The maximum Gasteiger partial charge on any atom is 0.250 e. The largest absolute Gasteiger partial charge is 0.310 e. The number of rotatable bonds is 4. The Labute approximate surface area is 150 Å². The molecule has 3 rings (SSSR count). The first-order valence-electron chi connectivity index (χ1n) is 8.03. The fraction of sp³-hybridized carbons (Fsp3) is 0.353. The normalized spacial score (nSPS) is 16.1. The lowest BCUT2D eigenvalue weighted by Gasteiger charge is -2.26. The standard InChI is InChI=1S/C17H18ClFN2O3S/c18-15-5-4-6-16(19)14(15)12-20-11-13(7-8-17(20)22)25(23,24)21-9-2-1-3-10-21/h4-8,11H,1-3,9-10,12H2. The zero-order valence-electron chi connectivity index (χ0n) is 13.5. The van der Waals surface area contributed by atoms with Crippen molar-refractivity contribution >= 4 is 21.6 Å². The number of hydrogen-bond acceptors (Lipinski definition) is 3. The summed E-state index contributed by atoms with van der Waals surface area (Å²) in [6.07, 6.45) is 3.92. The minimum absolute atomic E-state index is 0.0291. The van der Waals surface area contributed by atoms with Crippen molar-refractivity contribution in [3.8, 4) is 0 Å². The van der Waals surface area contributed by atoms with E-state index in [1.807, 2.05) is 0 Å². The second-order valence-electron chi connectivity index (χ2n) is 6.00. The van der Waals surface area contributed by atoms with Gasteiger partial charge in [-0.3, -0.25) is 4.79 Å². The van der Waals surface area contributed by atoms with Gasteiger partial charge >= 0.3 is 0 Å². The molecule has 0 N–H and O–H groups in total. The summed E-state index contributed by atoms with van der Waals surface area (Å²) in [5.41, 5.74) is -0.268. The van der Waals surface area contributed by atoms with Crippen molar-refractivity contribution in [1.82, 2.24) is 8.87 Å². The maximum atomic E-state index is 14.0. The fourth-order valence-electron chi connectivity index (χ4n) is 2.89. The molecule has 2 aromatic rings. The Hall–Kier alpha value is -1.70. The molecule has 1 aromatic heterocycles. The van der Waals surface area contributed by atoms with Gasteiger partial charge in [0.15, 0.2) is 0 Å². The monoisotopic (exact) mass is 384 g/mol. The van der Waals surface area contributed by atoms with Gasteiger partial charge < -0.3 is 4.57 Å². The third-order valence-electron chi connectivity index (χ3n) is 4.30. The first-order chi connectivity index (χ1) is 11.9. The minimum atomic E-state index is -3.67. The van der Waals surface area contributed by atoms with Gasteiger partial charge in [0, 0.05) is 35.9 Å². The van der Waals surface area contributed by atoms with E-state index in [2.05, 4.69) is 0 Å². The van der Waals surface area contributed by atoms with Gasteiger partial charge in [-0.05, 0) is 31.0 Å². The lowest BCUT2D eigenvalue weighted by molar-refractivity contribution is 0.346. The summed E-state index contributed by atoms with van der Waals surface area (Å²) in [4.78, 5) is 12.1. The molecule has 0 unspecified atom stereocenters. The Morgan fingerprint density at radius 2 is 1.80 bits per heavy atom. The molecule has 2 heterocycles. The predicted molar refractivity (Wildman–Crippen MR) is 93.8 cm³/mol. The van der Waals surface area contributed by atoms with Crippen LogP contribution in [0.1, 0.15) is 24.8 Å². The van der Waals surface area contributed by atoms with Gasteiger partial charge in [0.05, 0.1) is 11.4 Å². The second kappa shape index (κ2) is 7.27. The van der Waals surface area contributed by atoms with Gasteiger partial charge in [0.2, 0.25) is 10.0 Å². The highest BCUT2D eigenvalue weighted by Gasteiger charge is 2.26. The van der Waals surface area contributed by atoms with Crippen LogP contribution in [0.3, 0.4) is 0 Å². The van der Waals surface area contributed by atoms with Crippen LogP contribution in [0.2, 0.25) is 5.02 Å². The number of benzene rings is 1. The molecule has 0 spiro atoms. The highest BCUT2D eigenvalue weighted by molar-refractivity contribution is 7.89. The van der Waals surface area contributed by atoms with Crippen LogP contribution < -0.4 is 5.56 Å². The molecule has 0 radical (unpaired) electrons. The highest BCUT2D eigenvalue weighted by Crippen LogP contribution is 2.22. The third-order valence-corrected chi connectivity index (χ3v) is 6.54. The van der Waals surface area contributed by atoms with Crippen LogP contribution in [0.25, 0.3) is 0 Å². The molecule has 0 amide bonds. The molecule has 0 saturated carbocycles. The lowest BCUT2D eigenvalue weighted by atomic mass is 10.2. The summed E-state index contributed by atoms with van der Waals surface area (Å²) >= 11 is 6.00. The van der Waals surface area contributed by atoms with Crippen molar-refractivity contribution < 1.29 is 12.8 Å². The van der Waals surface area contributed by atoms with Crippen LogP contribution in [0, 0.1) is 5.82 Å². The van der Waals surface area contributed by atoms with Crippen molar-refractivity contribution in [2.24, 2.45) is 0 Å². The number of nitrogens with zero attached hydrogens (tertiary/aromatic N) is 2. The van der Waals surface area contributed by atoms with Gasteiger partial charge in [-0.2, -0.15) is 4.31 Å². The molecule has 0 bridgehead atoms. The predicted octanol–water partition coefficient (Wildman–Crippen LogP) is 2.86. The van der Waals surface area contributed by atoms with Crippen molar-refractivity contribution in [1.29, 1.82) is 0 Å². The first kappa shape index (κ1) is 18.1. The molecular weight excluding hydrogens is 367 g/mol. The quantitative estimate of drug-likeness (QED) is 0.814. The molecule has 1 aliphatic heterocycles. The Bertz CT molecular complexity index is 917. The highest BCUT2D eigenvalue weighted by atomic mass is 35.5. The number of aromatic nitrogens is 1. The fourth-order valence-corrected chi connectivity index (χ4v) is 4.65. The zero-order chi connectivity index (χ0) is 18.0. The summed E-state index contributed by atoms with van der Waals surface area (Å²) in [6, 6.07) is 6.73. The van der Waals surface area contributed by atoms with Gasteiger partial charge in [-0.1, -0.05) is 24.1 Å². The molecule has 8 heteroatoms. The van der Waals surface area contributed by atoms with Crippen LogP contribution >= 0.6 is 11.6 Å². The van der Waals surface area contributed by atoms with Crippen molar-refractivity contribution in [3.63, 3.8) is 0 Å². The summed E-state index contributed by atoms with van der Waals surface area (Å²) in [5.74, 6) is -0.538. The molecule has 1 aromatic carbocycles. The SMILES string of the molecule is O=c1ccc(S(=O)(=O)N2CCCCC2)cn1Cc1c(F)cccc1Cl. The Morgan fingerprint density at radius 1 is 1.08 bits per heavy atom. The van der Waals surface area contributed by atoms with E-state index < -0.39 is 21.4 Å². The molecule has 1 aliphatic rings. The van der Waals surface area contributed by atoms with Crippen LogP contribution in [0.4, 0.5) is 4.39 Å². The van der Waals surface area contributed by atoms with Crippen molar-refractivity contribution in [3.05, 3.63) is 63.3 Å². The molecule has 1 fully saturated rings. The molecule has 25 heavy (non-hydrogen) atoms. The van der Waals surface area contributed by atoms with Crippen molar-refractivity contribution in [2.75, 3.05) is 13.1 Å². The Kier molecular flexibility index (Phi) is 5.27. The number of pyridine rings is 1. The topological polar surface area (TPSA) is 59.4 Å². The van der Waals surface area contributed by atoms with Crippen LogP contribution in [0.15, 0.2) is 46.2 Å². The van der Waals surface area contributed by atoms with E-state index in [-0.39, 0.29) is 22.0 Å². The third kappa shape index (κ3) is 3.78. The van der Waals surface area contributed by atoms with E-state index in [0.29, 0.717) is 13.1 Å². The van der Waals surface area contributed by atoms with Gasteiger partial charge in [-0.15, -0.1) is 0 Å². The lowest BCUT2D eigenvalue weighted by Crippen LogP contribution is -2.36. The average Bonchev–Trinajstić information content (AvgIpc) is 2.60. The summed E-state index contributed by atoms with van der Waals surface area (Å²) < 4.78 is 42.1. The molecular formula is C17H18ClFN2O3S. The number of halogens is 2. The van der Waals surface area contributed by atoms with E-state index in [1.54, 1.807) is 0 Å². The maximum absolute atomic E-state index is 14.0. The summed E-state index contributed by atoms with van der Waals surface area (Å²) in [7, 11) is -3.67. The summed E-state index contributed by atoms with van der Waals surface area (Å²) in [5, 5.41) is 0.191. The van der Waals surface area contributed by atoms with E-state index >= 15 is 0 Å². The Balaban J connectivity index is 1.97. The van der Waals surface area contributed by atoms with Crippen molar-refractivity contribution in [2.45, 2.75) is 30.7 Å². The van der Waals surface area contributed by atoms with Gasteiger partial charge in [0.1, 0.15) is 5.82 Å². The zero-order valence-corrected chi connectivity index (χ0v) is 15.1. The van der Waals surface area contributed by atoms with Gasteiger partial charge in [-0.25, -0.2) is 12.8 Å².